The molecule has 0 saturated carbocycles. The predicted octanol–water partition coefficient (Wildman–Crippen LogP) is 3.57. The molecule has 0 spiro atoms. The van der Waals surface area contributed by atoms with Gasteiger partial charge in [-0.15, -0.1) is 0 Å². The summed E-state index contributed by atoms with van der Waals surface area (Å²) < 4.78 is 5.05. The number of hydrogen-bond donors (Lipinski definition) is 0. The van der Waals surface area contributed by atoms with Crippen LogP contribution in [0.5, 0.6) is 5.88 Å². The number of nitriles is 2. The van der Waals surface area contributed by atoms with Crippen molar-refractivity contribution in [2.24, 2.45) is 0 Å². The van der Waals surface area contributed by atoms with Gasteiger partial charge in [-0.3, -0.25) is 0 Å². The van der Waals surface area contributed by atoms with E-state index in [1.54, 1.807) is 19.1 Å². The van der Waals surface area contributed by atoms with Gasteiger partial charge in [-0.25, -0.2) is 4.98 Å². The highest BCUT2D eigenvalue weighted by Gasteiger charge is 2.12. The predicted molar refractivity (Wildman–Crippen MR) is 77.8 cm³/mol. The van der Waals surface area contributed by atoms with Gasteiger partial charge in [-0.2, -0.15) is 10.5 Å². The molecule has 0 atom stereocenters. The molecule has 0 fully saturated rings. The number of allylic oxidation sites excluding steroid dienone is 5. The summed E-state index contributed by atoms with van der Waals surface area (Å²) in [7, 11) is 1.48. The van der Waals surface area contributed by atoms with Crippen molar-refractivity contribution < 1.29 is 4.74 Å². The third kappa shape index (κ3) is 3.47. The summed E-state index contributed by atoms with van der Waals surface area (Å²) in [5, 5.41) is 18.6. The lowest BCUT2D eigenvalue weighted by Crippen LogP contribution is -1.96. The van der Waals surface area contributed by atoms with Gasteiger partial charge in [0.05, 0.1) is 18.7 Å². The van der Waals surface area contributed by atoms with E-state index in [1.165, 1.54) is 19.4 Å². The van der Waals surface area contributed by atoms with Crippen LogP contribution in [0.25, 0.3) is 5.57 Å². The van der Waals surface area contributed by atoms with E-state index in [4.69, 9.17) is 26.9 Å². The van der Waals surface area contributed by atoms with Crippen LogP contribution in [0.15, 0.2) is 41.6 Å². The van der Waals surface area contributed by atoms with Crippen LogP contribution in [0.2, 0.25) is 0 Å². The Labute approximate surface area is 122 Å². The first-order valence-corrected chi connectivity index (χ1v) is 6.00. The molecule has 20 heavy (non-hydrogen) atoms. The molecule has 5 heteroatoms. The molecule has 0 radical (unpaired) electrons. The summed E-state index contributed by atoms with van der Waals surface area (Å²) in [5.41, 5.74) is 1.84. The maximum atomic E-state index is 9.17. The molecule has 1 rings (SSSR count). The molecular weight excluding hydrogens is 274 g/mol. The minimum absolute atomic E-state index is 0.333. The second-order valence-corrected chi connectivity index (χ2v) is 4.20. The lowest BCUT2D eigenvalue weighted by atomic mass is 9.97. The zero-order valence-electron chi connectivity index (χ0n) is 11.1. The highest BCUT2D eigenvalue weighted by atomic mass is 35.5. The van der Waals surface area contributed by atoms with Gasteiger partial charge in [-0.05, 0) is 18.6 Å². The van der Waals surface area contributed by atoms with E-state index in [1.807, 2.05) is 6.07 Å². The van der Waals surface area contributed by atoms with Crippen LogP contribution in [-0.2, 0) is 0 Å². The largest absolute Gasteiger partial charge is 0.481 e. The van der Waals surface area contributed by atoms with Crippen LogP contribution in [0.1, 0.15) is 18.1 Å². The Kier molecular flexibility index (Phi) is 5.53. The van der Waals surface area contributed by atoms with E-state index in [0.717, 1.165) is 0 Å². The van der Waals surface area contributed by atoms with Crippen LogP contribution in [-0.4, -0.2) is 12.1 Å². The van der Waals surface area contributed by atoms with Crippen molar-refractivity contribution in [3.05, 3.63) is 52.7 Å². The first-order valence-electron chi connectivity index (χ1n) is 5.62. The van der Waals surface area contributed by atoms with Gasteiger partial charge in [0.2, 0.25) is 5.88 Å². The highest BCUT2D eigenvalue weighted by Crippen LogP contribution is 2.27. The summed E-state index contributed by atoms with van der Waals surface area (Å²) in [6.45, 7) is 5.21. The van der Waals surface area contributed by atoms with Gasteiger partial charge in [0.15, 0.2) is 0 Å². The lowest BCUT2D eigenvalue weighted by Gasteiger charge is -2.08. The summed E-state index contributed by atoms with van der Waals surface area (Å²) in [6.07, 6.45) is 4.44. The number of halogens is 1. The number of hydrogen-bond acceptors (Lipinski definition) is 4. The molecule has 0 amide bonds. The normalized spacial score (nSPS) is 11.9. The molecular formula is C15H12ClN3O. The minimum Gasteiger partial charge on any atom is -0.481 e. The maximum Gasteiger partial charge on any atom is 0.213 e. The standard InChI is InChI=1S/C15H12ClN3O/c1-4-12(16)5-13(10(2)7-17)14-6-15(20-3)19-9-11(14)8-18/h4-6,9H,1H2,2-3H3/b12-5+,13-10-. The number of pyridine rings is 1. The fraction of sp³-hybridized carbons (Fsp3) is 0.133. The third-order valence-corrected chi connectivity index (χ3v) is 2.81. The fourth-order valence-electron chi connectivity index (χ4n) is 1.50. The summed E-state index contributed by atoms with van der Waals surface area (Å²) in [5.74, 6) is 0.352. The van der Waals surface area contributed by atoms with Crippen molar-refractivity contribution in [1.82, 2.24) is 4.98 Å². The Morgan fingerprint density at radius 3 is 2.70 bits per heavy atom. The van der Waals surface area contributed by atoms with E-state index in [9.17, 15) is 0 Å². The van der Waals surface area contributed by atoms with E-state index in [-0.39, 0.29) is 0 Å². The second kappa shape index (κ2) is 7.13. The molecule has 0 aliphatic rings. The molecule has 1 aromatic rings. The summed E-state index contributed by atoms with van der Waals surface area (Å²) in [4.78, 5) is 3.97. The Morgan fingerprint density at radius 2 is 2.20 bits per heavy atom. The van der Waals surface area contributed by atoms with E-state index < -0.39 is 0 Å². The average Bonchev–Trinajstić information content (AvgIpc) is 2.50. The number of methoxy groups -OCH3 is 1. The average molecular weight is 286 g/mol. The maximum absolute atomic E-state index is 9.17. The molecule has 0 bridgehead atoms. The van der Waals surface area contributed by atoms with Gasteiger partial charge in [0.25, 0.3) is 0 Å². The Balaban J connectivity index is 3.63. The molecule has 100 valence electrons. The van der Waals surface area contributed by atoms with Gasteiger partial charge >= 0.3 is 0 Å². The molecule has 0 aliphatic carbocycles. The molecule has 4 nitrogen and oxygen atoms in total. The highest BCUT2D eigenvalue weighted by molar-refractivity contribution is 6.31. The summed E-state index contributed by atoms with van der Waals surface area (Å²) in [6, 6.07) is 5.69. The first kappa shape index (κ1) is 15.5. The van der Waals surface area contributed by atoms with Crippen molar-refractivity contribution in [2.45, 2.75) is 6.92 Å². The van der Waals surface area contributed by atoms with Crippen molar-refractivity contribution in [2.75, 3.05) is 7.11 Å². The number of rotatable bonds is 4. The van der Waals surface area contributed by atoms with E-state index >= 15 is 0 Å². The molecule has 0 aliphatic heterocycles. The molecule has 1 aromatic heterocycles. The second-order valence-electron chi connectivity index (χ2n) is 3.77. The van der Waals surface area contributed by atoms with E-state index in [0.29, 0.717) is 33.2 Å². The molecule has 1 heterocycles. The molecule has 0 N–H and O–H groups in total. The minimum atomic E-state index is 0.333. The topological polar surface area (TPSA) is 69.7 Å². The molecule has 0 aromatic carbocycles. The Bertz CT molecular complexity index is 675. The summed E-state index contributed by atoms with van der Waals surface area (Å²) >= 11 is 5.95. The van der Waals surface area contributed by atoms with Crippen LogP contribution < -0.4 is 4.74 Å². The number of ether oxygens (including phenoxy) is 1. The van der Waals surface area contributed by atoms with Crippen LogP contribution in [0.3, 0.4) is 0 Å². The molecule has 0 unspecified atom stereocenters. The zero-order valence-corrected chi connectivity index (χ0v) is 11.9. The van der Waals surface area contributed by atoms with Crippen LogP contribution >= 0.6 is 11.6 Å². The fourth-order valence-corrected chi connectivity index (χ4v) is 1.61. The SMILES string of the molecule is C=C/C(Cl)=C\C(=C(/C)C#N)c1cc(OC)ncc1C#N. The Hall–Kier alpha value is -2.56. The number of nitrogens with zero attached hydrogens (tertiary/aromatic N) is 3. The zero-order chi connectivity index (χ0) is 15.1. The van der Waals surface area contributed by atoms with Gasteiger partial charge < -0.3 is 4.74 Å². The third-order valence-electron chi connectivity index (χ3n) is 2.55. The Morgan fingerprint density at radius 1 is 1.50 bits per heavy atom. The van der Waals surface area contributed by atoms with E-state index in [2.05, 4.69) is 17.6 Å². The first-order chi connectivity index (χ1) is 9.57. The monoisotopic (exact) mass is 285 g/mol. The van der Waals surface area contributed by atoms with Crippen molar-refractivity contribution in [1.29, 1.82) is 10.5 Å². The number of aromatic nitrogens is 1. The quantitative estimate of drug-likeness (QED) is 0.626. The lowest BCUT2D eigenvalue weighted by molar-refractivity contribution is 0.397. The smallest absolute Gasteiger partial charge is 0.213 e. The van der Waals surface area contributed by atoms with Crippen molar-refractivity contribution in [3.63, 3.8) is 0 Å². The van der Waals surface area contributed by atoms with Crippen molar-refractivity contribution in [3.8, 4) is 18.0 Å². The van der Waals surface area contributed by atoms with Crippen LogP contribution in [0, 0.1) is 22.7 Å². The van der Waals surface area contributed by atoms with Gasteiger partial charge in [-0.1, -0.05) is 24.3 Å². The van der Waals surface area contributed by atoms with Gasteiger partial charge in [0.1, 0.15) is 6.07 Å². The van der Waals surface area contributed by atoms with Crippen LogP contribution in [0.4, 0.5) is 0 Å². The van der Waals surface area contributed by atoms with Gasteiger partial charge in [0, 0.05) is 28.4 Å². The molecule has 0 saturated heterocycles. The van der Waals surface area contributed by atoms with Crippen molar-refractivity contribution >= 4 is 17.2 Å².